The second-order valence-corrected chi connectivity index (χ2v) is 9.59. The van der Waals surface area contributed by atoms with Crippen molar-refractivity contribution in [1.82, 2.24) is 24.6 Å². The van der Waals surface area contributed by atoms with Gasteiger partial charge in [-0.1, -0.05) is 36.4 Å². The van der Waals surface area contributed by atoms with E-state index in [0.29, 0.717) is 16.6 Å². The Balaban J connectivity index is 1.27. The number of likely N-dealkylation sites (tertiary alicyclic amines) is 1. The molecule has 0 aliphatic carbocycles. The molecule has 1 saturated heterocycles. The molecule has 2 aromatic carbocycles. The number of carbonyl (C=O) groups is 2. The second-order valence-electron chi connectivity index (χ2n) is 9.59. The molecule has 2 N–H and O–H groups in total. The molecule has 1 aliphatic heterocycles. The Hall–Kier alpha value is -4.89. The standard InChI is InChI=1S/C30H26N6O3/c37-29(38)28-25-15-22(23-14-20(16-31-17-23)19-35-12-4-5-13-35)8-11-27(25)36(34-28)30(39)33-24-9-10-26(32-18-24)21-6-2-1-3-7-21/h1-3,6-11,14-18H,4-5,12-13,19H2,(H,33,39)(H,37,38). The molecule has 194 valence electrons. The number of benzene rings is 2. The van der Waals surface area contributed by atoms with Crippen LogP contribution in [0.25, 0.3) is 33.3 Å². The van der Waals surface area contributed by atoms with E-state index in [1.54, 1.807) is 30.6 Å². The van der Waals surface area contributed by atoms with Crippen molar-refractivity contribution in [2.75, 3.05) is 18.4 Å². The summed E-state index contributed by atoms with van der Waals surface area (Å²) in [6.45, 7) is 3.02. The van der Waals surface area contributed by atoms with Gasteiger partial charge in [0.2, 0.25) is 0 Å². The monoisotopic (exact) mass is 518 g/mol. The lowest BCUT2D eigenvalue weighted by molar-refractivity contribution is 0.0692. The summed E-state index contributed by atoms with van der Waals surface area (Å²) >= 11 is 0. The van der Waals surface area contributed by atoms with Gasteiger partial charge in [-0.05, 0) is 67.4 Å². The molecule has 0 spiro atoms. The fourth-order valence-corrected chi connectivity index (χ4v) is 4.97. The van der Waals surface area contributed by atoms with Gasteiger partial charge in [-0.2, -0.15) is 9.78 Å². The van der Waals surface area contributed by atoms with Gasteiger partial charge in [0.05, 0.1) is 23.1 Å². The Morgan fingerprint density at radius 2 is 1.69 bits per heavy atom. The summed E-state index contributed by atoms with van der Waals surface area (Å²) in [6, 6.07) is 20.1. The molecule has 9 nitrogen and oxygen atoms in total. The van der Waals surface area contributed by atoms with Crippen LogP contribution in [-0.2, 0) is 6.54 Å². The molecule has 0 unspecified atom stereocenters. The number of nitrogens with one attached hydrogen (secondary N) is 1. The first kappa shape index (κ1) is 24.4. The molecule has 0 bridgehead atoms. The van der Waals surface area contributed by atoms with Crippen molar-refractivity contribution in [3.8, 4) is 22.4 Å². The smallest absolute Gasteiger partial charge is 0.357 e. The first-order valence-corrected chi connectivity index (χ1v) is 12.8. The van der Waals surface area contributed by atoms with E-state index in [4.69, 9.17) is 0 Å². The summed E-state index contributed by atoms with van der Waals surface area (Å²) in [6.07, 6.45) is 7.62. The number of pyridine rings is 2. The lowest BCUT2D eigenvalue weighted by Crippen LogP contribution is -2.21. The number of hydrogen-bond acceptors (Lipinski definition) is 6. The zero-order valence-corrected chi connectivity index (χ0v) is 21.1. The van der Waals surface area contributed by atoms with E-state index in [1.807, 2.05) is 48.7 Å². The number of aromatic nitrogens is 4. The van der Waals surface area contributed by atoms with Crippen molar-refractivity contribution in [1.29, 1.82) is 0 Å². The van der Waals surface area contributed by atoms with Crippen LogP contribution in [0.5, 0.6) is 0 Å². The summed E-state index contributed by atoms with van der Waals surface area (Å²) in [5.74, 6) is -1.21. The summed E-state index contributed by atoms with van der Waals surface area (Å²) in [7, 11) is 0. The molecule has 3 aromatic heterocycles. The molecule has 4 heterocycles. The van der Waals surface area contributed by atoms with E-state index in [1.165, 1.54) is 12.8 Å². The molecule has 0 radical (unpaired) electrons. The molecule has 9 heteroatoms. The number of anilines is 1. The molecule has 0 atom stereocenters. The summed E-state index contributed by atoms with van der Waals surface area (Å²) in [5.41, 5.74) is 5.20. The second kappa shape index (κ2) is 10.5. The number of aromatic carboxylic acids is 1. The predicted molar refractivity (Wildman–Crippen MR) is 149 cm³/mol. The number of hydrogen-bond donors (Lipinski definition) is 2. The average molecular weight is 519 g/mol. The lowest BCUT2D eigenvalue weighted by Gasteiger charge is -2.14. The maximum absolute atomic E-state index is 13.1. The van der Waals surface area contributed by atoms with Gasteiger partial charge in [0, 0.05) is 35.5 Å². The van der Waals surface area contributed by atoms with E-state index in [-0.39, 0.29) is 5.69 Å². The van der Waals surface area contributed by atoms with E-state index in [2.05, 4.69) is 31.3 Å². The van der Waals surface area contributed by atoms with Crippen molar-refractivity contribution in [2.24, 2.45) is 0 Å². The molecule has 39 heavy (non-hydrogen) atoms. The summed E-state index contributed by atoms with van der Waals surface area (Å²) < 4.78 is 1.08. The van der Waals surface area contributed by atoms with Gasteiger partial charge in [-0.3, -0.25) is 14.9 Å². The first-order chi connectivity index (χ1) is 19.0. The van der Waals surface area contributed by atoms with Gasteiger partial charge in [-0.15, -0.1) is 0 Å². The molecular formula is C30H26N6O3. The van der Waals surface area contributed by atoms with E-state index >= 15 is 0 Å². The van der Waals surface area contributed by atoms with Gasteiger partial charge >= 0.3 is 12.0 Å². The first-order valence-electron chi connectivity index (χ1n) is 12.8. The fraction of sp³-hybridized carbons (Fsp3) is 0.167. The zero-order valence-electron chi connectivity index (χ0n) is 21.1. The Bertz CT molecular complexity index is 1660. The number of carboxylic acids is 1. The SMILES string of the molecule is O=C(O)c1nn(C(=O)Nc2ccc(-c3ccccc3)nc2)c2ccc(-c3cncc(CN4CCCC4)c3)cc12. The molecule has 1 amide bonds. The third-order valence-electron chi connectivity index (χ3n) is 6.89. The van der Waals surface area contributed by atoms with Crippen molar-refractivity contribution in [3.05, 3.63) is 96.6 Å². The van der Waals surface area contributed by atoms with Gasteiger partial charge in [0.1, 0.15) is 0 Å². The van der Waals surface area contributed by atoms with E-state index < -0.39 is 12.0 Å². The lowest BCUT2D eigenvalue weighted by atomic mass is 10.0. The van der Waals surface area contributed by atoms with Gasteiger partial charge in [-0.25, -0.2) is 9.59 Å². The third-order valence-corrected chi connectivity index (χ3v) is 6.89. The predicted octanol–water partition coefficient (Wildman–Crippen LogP) is 5.53. The third kappa shape index (κ3) is 5.12. The number of carboxylic acid groups (broad SMARTS) is 1. The Labute approximate surface area is 224 Å². The number of fused-ring (bicyclic) bond motifs is 1. The van der Waals surface area contributed by atoms with Crippen LogP contribution < -0.4 is 5.32 Å². The highest BCUT2D eigenvalue weighted by Gasteiger charge is 2.21. The van der Waals surface area contributed by atoms with Gasteiger partial charge in [0.15, 0.2) is 5.69 Å². The highest BCUT2D eigenvalue weighted by Crippen LogP contribution is 2.28. The quantitative estimate of drug-likeness (QED) is 0.304. The van der Waals surface area contributed by atoms with E-state index in [0.717, 1.165) is 52.3 Å². The topological polar surface area (TPSA) is 113 Å². The largest absolute Gasteiger partial charge is 0.476 e. The minimum absolute atomic E-state index is 0.194. The minimum atomic E-state index is -1.21. The zero-order chi connectivity index (χ0) is 26.8. The number of carbonyl (C=O) groups excluding carboxylic acids is 1. The van der Waals surface area contributed by atoms with Crippen molar-refractivity contribution < 1.29 is 14.7 Å². The molecule has 6 rings (SSSR count). The maximum atomic E-state index is 13.1. The van der Waals surface area contributed by atoms with Crippen molar-refractivity contribution in [3.63, 3.8) is 0 Å². The summed E-state index contributed by atoms with van der Waals surface area (Å²) in [4.78, 5) is 36.4. The fourth-order valence-electron chi connectivity index (χ4n) is 4.97. The van der Waals surface area contributed by atoms with Gasteiger partial charge < -0.3 is 10.4 Å². The minimum Gasteiger partial charge on any atom is -0.476 e. The number of nitrogens with zero attached hydrogens (tertiary/aromatic N) is 5. The van der Waals surface area contributed by atoms with Gasteiger partial charge in [0.25, 0.3) is 0 Å². The van der Waals surface area contributed by atoms with Crippen LogP contribution in [0.4, 0.5) is 10.5 Å². The molecule has 1 aliphatic rings. The van der Waals surface area contributed by atoms with Crippen molar-refractivity contribution >= 4 is 28.6 Å². The molecule has 0 saturated carbocycles. The number of rotatable bonds is 6. The van der Waals surface area contributed by atoms with Crippen LogP contribution in [-0.4, -0.2) is 54.8 Å². The van der Waals surface area contributed by atoms with Crippen LogP contribution in [0.2, 0.25) is 0 Å². The van der Waals surface area contributed by atoms with Crippen LogP contribution >= 0.6 is 0 Å². The van der Waals surface area contributed by atoms with Crippen molar-refractivity contribution in [2.45, 2.75) is 19.4 Å². The maximum Gasteiger partial charge on any atom is 0.357 e. The van der Waals surface area contributed by atoms with Crippen LogP contribution in [0.3, 0.4) is 0 Å². The molecule has 1 fully saturated rings. The Morgan fingerprint density at radius 1 is 0.872 bits per heavy atom. The van der Waals surface area contributed by atoms with E-state index in [9.17, 15) is 14.7 Å². The van der Waals surface area contributed by atoms with Crippen LogP contribution in [0.1, 0.15) is 28.9 Å². The summed E-state index contributed by atoms with van der Waals surface area (Å²) in [5, 5.41) is 17.1. The Morgan fingerprint density at radius 3 is 2.44 bits per heavy atom. The normalized spacial score (nSPS) is 13.5. The molecule has 5 aromatic rings. The molecular weight excluding hydrogens is 492 g/mol. The van der Waals surface area contributed by atoms with Crippen LogP contribution in [0, 0.1) is 0 Å². The number of amides is 1. The highest BCUT2D eigenvalue weighted by atomic mass is 16.4. The van der Waals surface area contributed by atoms with Crippen LogP contribution in [0.15, 0.2) is 85.3 Å². The Kier molecular flexibility index (Phi) is 6.56. The average Bonchev–Trinajstić information content (AvgIpc) is 3.62. The highest BCUT2D eigenvalue weighted by molar-refractivity contribution is 6.06.